The largest absolute Gasteiger partial charge is 0.369 e. The predicted molar refractivity (Wildman–Crippen MR) is 97.0 cm³/mol. The smallest absolute Gasteiger partial charge is 0.222 e. The minimum Gasteiger partial charge on any atom is -0.369 e. The molecule has 2 N–H and O–H groups in total. The monoisotopic (exact) mass is 338 g/mol. The number of rotatable bonds is 3. The van der Waals surface area contributed by atoms with Crippen LogP contribution >= 0.6 is 11.3 Å². The number of carbonyl (C=O) groups is 1. The molecule has 3 aromatic rings. The maximum Gasteiger partial charge on any atom is 0.222 e. The van der Waals surface area contributed by atoms with E-state index in [0.29, 0.717) is 6.54 Å². The Morgan fingerprint density at radius 1 is 1.25 bits per heavy atom. The van der Waals surface area contributed by atoms with Crippen molar-refractivity contribution in [2.75, 3.05) is 18.0 Å². The molecule has 4 rings (SSSR count). The Kier molecular flexibility index (Phi) is 3.90. The molecule has 122 valence electrons. The molecule has 3 heterocycles. The van der Waals surface area contributed by atoms with Gasteiger partial charge in [0.15, 0.2) is 5.82 Å². The molecule has 1 unspecified atom stereocenters. The van der Waals surface area contributed by atoms with Gasteiger partial charge >= 0.3 is 0 Å². The average molecular weight is 338 g/mol. The van der Waals surface area contributed by atoms with E-state index in [1.54, 1.807) is 11.3 Å². The van der Waals surface area contributed by atoms with Gasteiger partial charge in [-0.25, -0.2) is 9.97 Å². The summed E-state index contributed by atoms with van der Waals surface area (Å²) in [5.41, 5.74) is 7.47. The van der Waals surface area contributed by atoms with Gasteiger partial charge in [-0.15, -0.1) is 0 Å². The van der Waals surface area contributed by atoms with E-state index in [-0.39, 0.29) is 11.8 Å². The van der Waals surface area contributed by atoms with Crippen molar-refractivity contribution in [1.29, 1.82) is 0 Å². The molecule has 1 aliphatic heterocycles. The van der Waals surface area contributed by atoms with Crippen LogP contribution in [0.5, 0.6) is 0 Å². The van der Waals surface area contributed by atoms with Gasteiger partial charge in [0.05, 0.1) is 11.4 Å². The van der Waals surface area contributed by atoms with Gasteiger partial charge in [-0.05, 0) is 36.4 Å². The van der Waals surface area contributed by atoms with Gasteiger partial charge in [-0.2, -0.15) is 11.3 Å². The van der Waals surface area contributed by atoms with Crippen LogP contribution < -0.4 is 10.6 Å². The van der Waals surface area contributed by atoms with Crippen molar-refractivity contribution in [1.82, 2.24) is 9.97 Å². The predicted octanol–water partition coefficient (Wildman–Crippen LogP) is 3.06. The summed E-state index contributed by atoms with van der Waals surface area (Å²) < 4.78 is 0. The summed E-state index contributed by atoms with van der Waals surface area (Å²) in [4.78, 5) is 23.3. The molecule has 1 saturated heterocycles. The number of nitrogens with zero attached hydrogens (tertiary/aromatic N) is 3. The number of benzene rings is 1. The number of anilines is 1. The van der Waals surface area contributed by atoms with Gasteiger partial charge in [0.25, 0.3) is 0 Å². The third kappa shape index (κ3) is 2.73. The van der Waals surface area contributed by atoms with E-state index in [1.165, 1.54) is 0 Å². The molecule has 6 heteroatoms. The Labute approximate surface area is 144 Å². The minimum atomic E-state index is -0.226. The first-order valence-electron chi connectivity index (χ1n) is 8.06. The van der Waals surface area contributed by atoms with E-state index in [2.05, 4.69) is 10.3 Å². The highest BCUT2D eigenvalue weighted by molar-refractivity contribution is 7.08. The molecule has 0 aliphatic carbocycles. The highest BCUT2D eigenvalue weighted by Gasteiger charge is 2.26. The first-order chi connectivity index (χ1) is 11.7. The summed E-state index contributed by atoms with van der Waals surface area (Å²) in [6, 6.07) is 10.1. The summed E-state index contributed by atoms with van der Waals surface area (Å²) in [5, 5.41) is 5.09. The second-order valence-electron chi connectivity index (χ2n) is 6.09. The lowest BCUT2D eigenvalue weighted by Crippen LogP contribution is -2.41. The van der Waals surface area contributed by atoms with Crippen LogP contribution in [0.2, 0.25) is 0 Å². The number of aromatic nitrogens is 2. The lowest BCUT2D eigenvalue weighted by molar-refractivity contribution is -0.122. The SMILES string of the molecule is NC(=O)C1CCCN(c2nc(-c3ccsc3)nc3ccccc23)C1. The third-order valence-corrected chi connectivity index (χ3v) is 5.17. The van der Waals surface area contributed by atoms with Crippen LogP contribution in [0.15, 0.2) is 41.1 Å². The van der Waals surface area contributed by atoms with E-state index >= 15 is 0 Å². The molecule has 2 aromatic heterocycles. The van der Waals surface area contributed by atoms with Gasteiger partial charge in [-0.3, -0.25) is 4.79 Å². The average Bonchev–Trinajstić information content (AvgIpc) is 3.15. The summed E-state index contributed by atoms with van der Waals surface area (Å²) in [5.74, 6) is 1.28. The summed E-state index contributed by atoms with van der Waals surface area (Å²) >= 11 is 1.63. The van der Waals surface area contributed by atoms with Crippen LogP contribution in [0.4, 0.5) is 5.82 Å². The van der Waals surface area contributed by atoms with Crippen LogP contribution in [0.25, 0.3) is 22.3 Å². The van der Waals surface area contributed by atoms with Crippen molar-refractivity contribution in [3.8, 4) is 11.4 Å². The van der Waals surface area contributed by atoms with E-state index in [9.17, 15) is 4.79 Å². The Hall–Kier alpha value is -2.47. The second kappa shape index (κ2) is 6.20. The molecular weight excluding hydrogens is 320 g/mol. The maximum atomic E-state index is 11.6. The Morgan fingerprint density at radius 3 is 2.92 bits per heavy atom. The molecule has 1 atom stereocenters. The maximum absolute atomic E-state index is 11.6. The zero-order chi connectivity index (χ0) is 16.5. The Morgan fingerprint density at radius 2 is 2.12 bits per heavy atom. The molecule has 1 aliphatic rings. The number of primary amides is 1. The van der Waals surface area contributed by atoms with E-state index in [4.69, 9.17) is 15.7 Å². The molecule has 0 spiro atoms. The Bertz CT molecular complexity index is 878. The molecular formula is C18H18N4OS. The number of amides is 1. The first-order valence-corrected chi connectivity index (χ1v) is 9.00. The number of hydrogen-bond acceptors (Lipinski definition) is 5. The van der Waals surface area contributed by atoms with Crippen LogP contribution in [-0.4, -0.2) is 29.0 Å². The number of fused-ring (bicyclic) bond motifs is 1. The van der Waals surface area contributed by atoms with Crippen molar-refractivity contribution in [3.05, 3.63) is 41.1 Å². The van der Waals surface area contributed by atoms with Gasteiger partial charge in [-0.1, -0.05) is 12.1 Å². The molecule has 24 heavy (non-hydrogen) atoms. The standard InChI is InChI=1S/C18H18N4OS/c19-16(23)12-4-3-8-22(10-12)18-14-5-1-2-6-15(14)20-17(21-18)13-7-9-24-11-13/h1-2,5-7,9,11-12H,3-4,8,10H2,(H2,19,23). The fourth-order valence-electron chi connectivity index (χ4n) is 3.22. The fourth-order valence-corrected chi connectivity index (χ4v) is 3.86. The van der Waals surface area contributed by atoms with Crippen molar-refractivity contribution in [3.63, 3.8) is 0 Å². The summed E-state index contributed by atoms with van der Waals surface area (Å²) in [6.07, 6.45) is 1.80. The lowest BCUT2D eigenvalue weighted by Gasteiger charge is -2.32. The fraction of sp³-hybridized carbons (Fsp3) is 0.278. The number of carbonyl (C=O) groups excluding carboxylic acids is 1. The van der Waals surface area contributed by atoms with Crippen LogP contribution in [0.3, 0.4) is 0 Å². The Balaban J connectivity index is 1.82. The number of thiophene rings is 1. The summed E-state index contributed by atoms with van der Waals surface area (Å²) in [7, 11) is 0. The van der Waals surface area contributed by atoms with Crippen LogP contribution in [0.1, 0.15) is 12.8 Å². The number of para-hydroxylation sites is 1. The molecule has 0 saturated carbocycles. The van der Waals surface area contributed by atoms with E-state index in [1.807, 2.05) is 35.7 Å². The number of piperidine rings is 1. The molecule has 0 bridgehead atoms. The molecule has 1 aromatic carbocycles. The second-order valence-corrected chi connectivity index (χ2v) is 6.87. The molecule has 1 amide bonds. The van der Waals surface area contributed by atoms with Gasteiger partial charge in [0.2, 0.25) is 5.91 Å². The van der Waals surface area contributed by atoms with Gasteiger partial charge in [0, 0.05) is 29.4 Å². The zero-order valence-corrected chi connectivity index (χ0v) is 14.0. The topological polar surface area (TPSA) is 72.1 Å². The quantitative estimate of drug-likeness (QED) is 0.797. The van der Waals surface area contributed by atoms with Gasteiger partial charge in [0.1, 0.15) is 5.82 Å². The van der Waals surface area contributed by atoms with Gasteiger partial charge < -0.3 is 10.6 Å². The highest BCUT2D eigenvalue weighted by Crippen LogP contribution is 2.31. The number of nitrogens with two attached hydrogens (primary N) is 1. The highest BCUT2D eigenvalue weighted by atomic mass is 32.1. The summed E-state index contributed by atoms with van der Waals surface area (Å²) in [6.45, 7) is 1.51. The zero-order valence-electron chi connectivity index (χ0n) is 13.2. The first kappa shape index (κ1) is 15.1. The van der Waals surface area contributed by atoms with Crippen molar-refractivity contribution >= 4 is 34.0 Å². The third-order valence-electron chi connectivity index (χ3n) is 4.49. The van der Waals surface area contributed by atoms with E-state index < -0.39 is 0 Å². The minimum absolute atomic E-state index is 0.114. The van der Waals surface area contributed by atoms with Crippen molar-refractivity contribution < 1.29 is 4.79 Å². The number of hydrogen-bond donors (Lipinski definition) is 1. The lowest BCUT2D eigenvalue weighted by atomic mass is 9.97. The van der Waals surface area contributed by atoms with Crippen molar-refractivity contribution in [2.45, 2.75) is 12.8 Å². The normalized spacial score (nSPS) is 18.0. The van der Waals surface area contributed by atoms with Crippen molar-refractivity contribution in [2.24, 2.45) is 11.7 Å². The molecule has 5 nitrogen and oxygen atoms in total. The van der Waals surface area contributed by atoms with Crippen LogP contribution in [-0.2, 0) is 4.79 Å². The van der Waals surface area contributed by atoms with Crippen LogP contribution in [0, 0.1) is 5.92 Å². The molecule has 1 fully saturated rings. The molecule has 0 radical (unpaired) electrons. The van der Waals surface area contributed by atoms with E-state index in [0.717, 1.165) is 47.5 Å².